The monoisotopic (exact) mass is 261 g/mol. The third kappa shape index (κ3) is 2.82. The van der Waals surface area contributed by atoms with Crippen LogP contribution in [0.2, 0.25) is 0 Å². The SMILES string of the molecule is O=C1CC(S(=O)(=O)F)CN1CCc1cnc[nH]1. The molecular weight excluding hydrogens is 249 g/mol. The van der Waals surface area contributed by atoms with Gasteiger partial charge in [0.05, 0.1) is 6.33 Å². The molecule has 1 aromatic rings. The van der Waals surface area contributed by atoms with E-state index < -0.39 is 15.5 Å². The lowest BCUT2D eigenvalue weighted by Gasteiger charge is -2.14. The van der Waals surface area contributed by atoms with E-state index in [0.717, 1.165) is 5.69 Å². The van der Waals surface area contributed by atoms with Gasteiger partial charge in [0.2, 0.25) is 5.91 Å². The number of rotatable bonds is 4. The molecule has 0 radical (unpaired) electrons. The largest absolute Gasteiger partial charge is 0.348 e. The molecule has 1 N–H and O–H groups in total. The van der Waals surface area contributed by atoms with Crippen LogP contribution in [-0.4, -0.2) is 47.5 Å². The van der Waals surface area contributed by atoms with Crippen LogP contribution in [0, 0.1) is 0 Å². The van der Waals surface area contributed by atoms with Gasteiger partial charge in [-0.3, -0.25) is 4.79 Å². The number of carbonyl (C=O) groups is 1. The van der Waals surface area contributed by atoms with Crippen LogP contribution in [0.15, 0.2) is 12.5 Å². The molecule has 8 heteroatoms. The number of nitrogens with zero attached hydrogens (tertiary/aromatic N) is 2. The molecule has 17 heavy (non-hydrogen) atoms. The van der Waals surface area contributed by atoms with Crippen molar-refractivity contribution in [1.29, 1.82) is 0 Å². The third-order valence-corrected chi connectivity index (χ3v) is 3.90. The van der Waals surface area contributed by atoms with E-state index in [1.165, 1.54) is 11.2 Å². The lowest BCUT2D eigenvalue weighted by Crippen LogP contribution is -2.29. The topological polar surface area (TPSA) is 83.1 Å². The van der Waals surface area contributed by atoms with Crippen LogP contribution in [0.1, 0.15) is 12.1 Å². The first kappa shape index (κ1) is 12.0. The number of hydrogen-bond donors (Lipinski definition) is 1. The number of amides is 1. The number of H-pyrrole nitrogens is 1. The lowest BCUT2D eigenvalue weighted by atomic mass is 10.3. The van der Waals surface area contributed by atoms with E-state index in [4.69, 9.17) is 0 Å². The van der Waals surface area contributed by atoms with Gasteiger partial charge < -0.3 is 9.88 Å². The Morgan fingerprint density at radius 2 is 2.35 bits per heavy atom. The first-order valence-electron chi connectivity index (χ1n) is 5.15. The number of likely N-dealkylation sites (tertiary alicyclic amines) is 1. The molecule has 6 nitrogen and oxygen atoms in total. The summed E-state index contributed by atoms with van der Waals surface area (Å²) in [6, 6.07) is 0. The minimum Gasteiger partial charge on any atom is -0.348 e. The summed E-state index contributed by atoms with van der Waals surface area (Å²) in [5, 5.41) is -1.21. The minimum atomic E-state index is -4.62. The van der Waals surface area contributed by atoms with Gasteiger partial charge in [-0.25, -0.2) is 4.98 Å². The zero-order valence-electron chi connectivity index (χ0n) is 8.97. The van der Waals surface area contributed by atoms with E-state index in [-0.39, 0.29) is 18.9 Å². The molecule has 2 heterocycles. The Kier molecular flexibility index (Phi) is 3.14. The van der Waals surface area contributed by atoms with Gasteiger partial charge >= 0.3 is 10.2 Å². The summed E-state index contributed by atoms with van der Waals surface area (Å²) in [6.07, 6.45) is 3.44. The van der Waals surface area contributed by atoms with E-state index in [1.807, 2.05) is 0 Å². The molecule has 1 aliphatic rings. The molecule has 1 unspecified atom stereocenters. The Balaban J connectivity index is 1.93. The van der Waals surface area contributed by atoms with Crippen LogP contribution < -0.4 is 0 Å². The average Bonchev–Trinajstić information content (AvgIpc) is 2.83. The van der Waals surface area contributed by atoms with E-state index in [1.54, 1.807) is 6.20 Å². The molecule has 2 rings (SSSR count). The highest BCUT2D eigenvalue weighted by atomic mass is 32.3. The predicted octanol–water partition coefficient (Wildman–Crippen LogP) is -0.148. The number of aromatic amines is 1. The fourth-order valence-corrected chi connectivity index (χ4v) is 2.52. The molecule has 1 fully saturated rings. The molecule has 0 spiro atoms. The smallest absolute Gasteiger partial charge is 0.307 e. The van der Waals surface area contributed by atoms with E-state index in [2.05, 4.69) is 9.97 Å². The molecule has 0 saturated carbocycles. The van der Waals surface area contributed by atoms with Gasteiger partial charge in [0.15, 0.2) is 0 Å². The fraction of sp³-hybridized carbons (Fsp3) is 0.556. The van der Waals surface area contributed by atoms with Gasteiger partial charge in [0.1, 0.15) is 5.25 Å². The summed E-state index contributed by atoms with van der Waals surface area (Å²) < 4.78 is 34.1. The molecule has 1 saturated heterocycles. The molecule has 1 aromatic heterocycles. The van der Waals surface area contributed by atoms with Gasteiger partial charge in [-0.05, 0) is 0 Å². The summed E-state index contributed by atoms with van der Waals surface area (Å²) in [6.45, 7) is 0.304. The van der Waals surface area contributed by atoms with Crippen LogP contribution in [-0.2, 0) is 21.4 Å². The Bertz CT molecular complexity index is 500. The van der Waals surface area contributed by atoms with Crippen LogP contribution in [0.4, 0.5) is 3.89 Å². The van der Waals surface area contributed by atoms with E-state index in [9.17, 15) is 17.1 Å². The maximum Gasteiger partial charge on any atom is 0.307 e. The predicted molar refractivity (Wildman–Crippen MR) is 57.3 cm³/mol. The number of carbonyl (C=O) groups excluding carboxylic acids is 1. The Labute approximate surface area is 98.1 Å². The number of aromatic nitrogens is 2. The van der Waals surface area contributed by atoms with Crippen molar-refractivity contribution >= 4 is 16.1 Å². The van der Waals surface area contributed by atoms with Crippen molar-refractivity contribution in [2.24, 2.45) is 0 Å². The van der Waals surface area contributed by atoms with E-state index in [0.29, 0.717) is 13.0 Å². The van der Waals surface area contributed by atoms with Crippen LogP contribution >= 0.6 is 0 Å². The van der Waals surface area contributed by atoms with Crippen molar-refractivity contribution in [1.82, 2.24) is 14.9 Å². The average molecular weight is 261 g/mol. The standard InChI is InChI=1S/C9H12FN3O3S/c10-17(15,16)8-3-9(14)13(5-8)2-1-7-4-11-6-12-7/h4,6,8H,1-3,5H2,(H,11,12). The molecule has 0 bridgehead atoms. The second-order valence-corrected chi connectivity index (χ2v) is 5.59. The Morgan fingerprint density at radius 3 is 2.88 bits per heavy atom. The maximum absolute atomic E-state index is 12.7. The normalized spacial score (nSPS) is 21.1. The number of hydrogen-bond acceptors (Lipinski definition) is 4. The summed E-state index contributed by atoms with van der Waals surface area (Å²) in [5.74, 6) is -0.323. The number of nitrogens with one attached hydrogen (secondary N) is 1. The highest BCUT2D eigenvalue weighted by Gasteiger charge is 2.37. The molecule has 1 aliphatic heterocycles. The van der Waals surface area contributed by atoms with Crippen molar-refractivity contribution in [2.45, 2.75) is 18.1 Å². The van der Waals surface area contributed by atoms with Gasteiger partial charge in [0, 0.05) is 37.8 Å². The fourth-order valence-electron chi connectivity index (χ4n) is 1.82. The minimum absolute atomic E-state index is 0.0637. The van der Waals surface area contributed by atoms with Gasteiger partial charge in [0.25, 0.3) is 0 Å². The first-order chi connectivity index (χ1) is 7.97. The Hall–Kier alpha value is -1.44. The number of imidazole rings is 1. The van der Waals surface area contributed by atoms with Crippen LogP contribution in [0.3, 0.4) is 0 Å². The lowest BCUT2D eigenvalue weighted by molar-refractivity contribution is -0.127. The highest BCUT2D eigenvalue weighted by Crippen LogP contribution is 2.19. The zero-order chi connectivity index (χ0) is 12.5. The molecule has 0 aromatic carbocycles. The third-order valence-electron chi connectivity index (χ3n) is 2.78. The highest BCUT2D eigenvalue weighted by molar-refractivity contribution is 7.87. The summed E-state index contributed by atoms with van der Waals surface area (Å²) in [4.78, 5) is 19.5. The quantitative estimate of drug-likeness (QED) is 0.764. The molecular formula is C9H12FN3O3S. The van der Waals surface area contributed by atoms with Crippen molar-refractivity contribution in [2.75, 3.05) is 13.1 Å². The van der Waals surface area contributed by atoms with Crippen molar-refractivity contribution < 1.29 is 17.1 Å². The first-order valence-corrected chi connectivity index (χ1v) is 6.60. The van der Waals surface area contributed by atoms with Gasteiger partial charge in [-0.2, -0.15) is 8.42 Å². The van der Waals surface area contributed by atoms with Crippen molar-refractivity contribution in [3.63, 3.8) is 0 Å². The Morgan fingerprint density at radius 1 is 1.59 bits per heavy atom. The van der Waals surface area contributed by atoms with Crippen LogP contribution in [0.5, 0.6) is 0 Å². The second kappa shape index (κ2) is 4.44. The zero-order valence-corrected chi connectivity index (χ0v) is 9.78. The maximum atomic E-state index is 12.7. The summed E-state index contributed by atoms with van der Waals surface area (Å²) in [7, 11) is -4.62. The van der Waals surface area contributed by atoms with Gasteiger partial charge in [-0.1, -0.05) is 0 Å². The van der Waals surface area contributed by atoms with Crippen molar-refractivity contribution in [3.05, 3.63) is 18.2 Å². The van der Waals surface area contributed by atoms with Crippen LogP contribution in [0.25, 0.3) is 0 Å². The van der Waals surface area contributed by atoms with Crippen molar-refractivity contribution in [3.8, 4) is 0 Å². The molecule has 1 amide bonds. The van der Waals surface area contributed by atoms with Gasteiger partial charge in [-0.15, -0.1) is 3.89 Å². The molecule has 94 valence electrons. The number of halogens is 1. The second-order valence-electron chi connectivity index (χ2n) is 3.97. The molecule has 1 atom stereocenters. The summed E-state index contributed by atoms with van der Waals surface area (Å²) in [5.41, 5.74) is 0.851. The van der Waals surface area contributed by atoms with E-state index >= 15 is 0 Å². The summed E-state index contributed by atoms with van der Waals surface area (Å²) >= 11 is 0. The molecule has 0 aliphatic carbocycles.